The van der Waals surface area contributed by atoms with E-state index in [4.69, 9.17) is 4.42 Å². The minimum absolute atomic E-state index is 0.205. The molecule has 43 heavy (non-hydrogen) atoms. The first-order valence-electron chi connectivity index (χ1n) is 14.7. The topological polar surface area (TPSA) is 55.1 Å². The number of hydrogen-bond acceptors (Lipinski definition) is 4. The Bertz CT molecular complexity index is 2300. The van der Waals surface area contributed by atoms with E-state index in [0.717, 1.165) is 45.3 Å². The summed E-state index contributed by atoms with van der Waals surface area (Å²) in [5.41, 5.74) is 17.0. The highest BCUT2D eigenvalue weighted by atomic mass is 16.3. The summed E-state index contributed by atoms with van der Waals surface area (Å²) in [7, 11) is 0. The summed E-state index contributed by atoms with van der Waals surface area (Å²) in [6.45, 7) is 0.723. The highest BCUT2D eigenvalue weighted by Crippen LogP contribution is 2.39. The van der Waals surface area contributed by atoms with Gasteiger partial charge in [0.05, 0.1) is 11.0 Å². The van der Waals surface area contributed by atoms with Crippen LogP contribution in [-0.2, 0) is 6.54 Å². The second kappa shape index (κ2) is 9.68. The van der Waals surface area contributed by atoms with Crippen molar-refractivity contribution >= 4 is 43.7 Å². The third-order valence-corrected chi connectivity index (χ3v) is 8.58. The Morgan fingerprint density at radius 2 is 1.40 bits per heavy atom. The molecular formula is C38H28N4O. The zero-order chi connectivity index (χ0) is 28.3. The summed E-state index contributed by atoms with van der Waals surface area (Å²) in [5, 5.41) is 6.83. The van der Waals surface area contributed by atoms with Crippen LogP contribution in [0.4, 0.5) is 0 Å². The molecule has 3 heterocycles. The lowest BCUT2D eigenvalue weighted by molar-refractivity contribution is 0.345. The smallest absolute Gasteiger partial charge is 0.143 e. The second-order valence-corrected chi connectivity index (χ2v) is 11.2. The van der Waals surface area contributed by atoms with E-state index < -0.39 is 0 Å². The van der Waals surface area contributed by atoms with Crippen molar-refractivity contribution in [3.05, 3.63) is 151 Å². The van der Waals surface area contributed by atoms with Crippen LogP contribution >= 0.6 is 0 Å². The quantitative estimate of drug-likeness (QED) is 0.201. The van der Waals surface area contributed by atoms with E-state index in [1.807, 2.05) is 18.2 Å². The maximum absolute atomic E-state index is 6.40. The van der Waals surface area contributed by atoms with E-state index in [9.17, 15) is 0 Å². The lowest BCUT2D eigenvalue weighted by Crippen LogP contribution is -2.22. The third kappa shape index (κ3) is 4.06. The normalized spacial score (nSPS) is 16.5. The van der Waals surface area contributed by atoms with Crippen LogP contribution in [0.1, 0.15) is 17.3 Å². The monoisotopic (exact) mass is 556 g/mol. The molecule has 8 aromatic rings. The molecule has 0 spiro atoms. The van der Waals surface area contributed by atoms with Gasteiger partial charge in [-0.1, -0.05) is 109 Å². The number of para-hydroxylation sites is 3. The number of hydrogen-bond donors (Lipinski definition) is 2. The second-order valence-electron chi connectivity index (χ2n) is 11.2. The zero-order valence-electron chi connectivity index (χ0n) is 23.4. The molecule has 0 radical (unpaired) electrons. The molecule has 5 nitrogen and oxygen atoms in total. The summed E-state index contributed by atoms with van der Waals surface area (Å²) in [6.07, 6.45) is 0.205. The van der Waals surface area contributed by atoms with Crippen molar-refractivity contribution in [3.63, 3.8) is 0 Å². The molecule has 9 rings (SSSR count). The van der Waals surface area contributed by atoms with Gasteiger partial charge >= 0.3 is 0 Å². The van der Waals surface area contributed by atoms with Gasteiger partial charge in [-0.05, 0) is 47.0 Å². The SMILES string of the molecule is c1ccc(C2NN2NCc2cccc(-n3c4ccccc4c4ccc(-c5cccc6c5oc5ccccc56)cc43)c2)cc1. The molecule has 206 valence electrons. The largest absolute Gasteiger partial charge is 0.455 e. The van der Waals surface area contributed by atoms with Crippen molar-refractivity contribution in [1.29, 1.82) is 0 Å². The molecule has 5 heteroatoms. The minimum atomic E-state index is 0.205. The van der Waals surface area contributed by atoms with Gasteiger partial charge in [0, 0.05) is 39.3 Å². The number of hydrazine groups is 2. The number of fused-ring (bicyclic) bond motifs is 6. The Kier molecular flexibility index (Phi) is 5.49. The Hall–Kier alpha value is -5.20. The number of nitrogens with one attached hydrogen (secondary N) is 2. The van der Waals surface area contributed by atoms with Crippen LogP contribution in [0.3, 0.4) is 0 Å². The number of aromatic nitrogens is 1. The fourth-order valence-corrected chi connectivity index (χ4v) is 6.47. The first-order valence-corrected chi connectivity index (χ1v) is 14.7. The van der Waals surface area contributed by atoms with Crippen molar-refractivity contribution in [2.24, 2.45) is 0 Å². The molecule has 2 unspecified atom stereocenters. The number of nitrogens with zero attached hydrogens (tertiary/aromatic N) is 2. The number of benzene rings is 6. The van der Waals surface area contributed by atoms with E-state index in [-0.39, 0.29) is 6.17 Å². The summed E-state index contributed by atoms with van der Waals surface area (Å²) in [6, 6.07) is 49.5. The summed E-state index contributed by atoms with van der Waals surface area (Å²) in [4.78, 5) is 0. The molecule has 0 aliphatic carbocycles. The minimum Gasteiger partial charge on any atom is -0.455 e. The zero-order valence-corrected chi connectivity index (χ0v) is 23.4. The predicted octanol–water partition coefficient (Wildman–Crippen LogP) is 8.87. The van der Waals surface area contributed by atoms with Crippen LogP contribution in [-0.4, -0.2) is 9.69 Å². The van der Waals surface area contributed by atoms with E-state index in [1.54, 1.807) is 0 Å². The summed E-state index contributed by atoms with van der Waals surface area (Å²) in [5.74, 6) is 0. The van der Waals surface area contributed by atoms with Crippen molar-refractivity contribution in [2.75, 3.05) is 0 Å². The molecule has 2 N–H and O–H groups in total. The fraction of sp³-hybridized carbons (Fsp3) is 0.0526. The average molecular weight is 557 g/mol. The van der Waals surface area contributed by atoms with E-state index in [2.05, 4.69) is 142 Å². The fourth-order valence-electron chi connectivity index (χ4n) is 6.47. The van der Waals surface area contributed by atoms with Gasteiger partial charge in [-0.3, -0.25) is 0 Å². The van der Waals surface area contributed by atoms with Gasteiger partial charge in [-0.25, -0.2) is 10.9 Å². The first-order chi connectivity index (χ1) is 21.3. The van der Waals surface area contributed by atoms with E-state index >= 15 is 0 Å². The van der Waals surface area contributed by atoms with Gasteiger partial charge in [-0.2, -0.15) is 5.12 Å². The van der Waals surface area contributed by atoms with Gasteiger partial charge in [0.15, 0.2) is 0 Å². The van der Waals surface area contributed by atoms with E-state index in [1.165, 1.54) is 32.9 Å². The maximum Gasteiger partial charge on any atom is 0.143 e. The summed E-state index contributed by atoms with van der Waals surface area (Å²) >= 11 is 0. The molecule has 1 aliphatic rings. The van der Waals surface area contributed by atoms with Crippen LogP contribution in [0.2, 0.25) is 0 Å². The van der Waals surface area contributed by atoms with Crippen LogP contribution in [0.25, 0.3) is 60.6 Å². The first kappa shape index (κ1) is 24.4. The van der Waals surface area contributed by atoms with E-state index in [0.29, 0.717) is 0 Å². The Labute approximate surface area is 248 Å². The highest BCUT2D eigenvalue weighted by Gasteiger charge is 2.34. The highest BCUT2D eigenvalue weighted by molar-refractivity contribution is 6.12. The lowest BCUT2D eigenvalue weighted by atomic mass is 10.0. The molecule has 1 aliphatic heterocycles. The van der Waals surface area contributed by atoms with Crippen LogP contribution in [0, 0.1) is 0 Å². The van der Waals surface area contributed by atoms with Gasteiger partial charge in [0.2, 0.25) is 0 Å². The van der Waals surface area contributed by atoms with Crippen LogP contribution in [0.5, 0.6) is 0 Å². The Morgan fingerprint density at radius 1 is 0.628 bits per heavy atom. The summed E-state index contributed by atoms with van der Waals surface area (Å²) < 4.78 is 8.79. The van der Waals surface area contributed by atoms with Gasteiger partial charge < -0.3 is 8.98 Å². The number of furan rings is 1. The van der Waals surface area contributed by atoms with Gasteiger partial charge in [0.1, 0.15) is 17.3 Å². The number of rotatable bonds is 6. The van der Waals surface area contributed by atoms with Gasteiger partial charge in [0.25, 0.3) is 0 Å². The Morgan fingerprint density at radius 3 is 2.33 bits per heavy atom. The van der Waals surface area contributed by atoms with Gasteiger partial charge in [-0.15, -0.1) is 0 Å². The van der Waals surface area contributed by atoms with Crippen molar-refractivity contribution in [2.45, 2.75) is 12.7 Å². The molecule has 0 saturated carbocycles. The molecule has 0 amide bonds. The molecule has 6 aromatic carbocycles. The average Bonchev–Trinajstić information content (AvgIpc) is 3.64. The maximum atomic E-state index is 6.40. The molecule has 1 fully saturated rings. The third-order valence-electron chi connectivity index (χ3n) is 8.58. The van der Waals surface area contributed by atoms with Crippen LogP contribution < -0.4 is 10.9 Å². The molecular weight excluding hydrogens is 528 g/mol. The Balaban J connectivity index is 1.12. The van der Waals surface area contributed by atoms with Crippen molar-refractivity contribution in [3.8, 4) is 16.8 Å². The molecule has 1 saturated heterocycles. The lowest BCUT2D eigenvalue weighted by Gasteiger charge is -2.12. The van der Waals surface area contributed by atoms with Crippen LogP contribution in [0.15, 0.2) is 144 Å². The van der Waals surface area contributed by atoms with Crippen molar-refractivity contribution in [1.82, 2.24) is 20.5 Å². The molecule has 0 bridgehead atoms. The molecule has 2 aromatic heterocycles. The predicted molar refractivity (Wildman–Crippen MR) is 174 cm³/mol. The molecule has 2 atom stereocenters. The standard InChI is InChI=1S/C38H28N4O/c1-2-11-26(12-3-1)38-40-42(38)39-24-25-10-8-13-28(22-25)41-34-18-6-4-14-30(34)31-21-20-27(23-35(31)41)29-16-9-17-33-32-15-5-7-19-36(32)43-37(29)33/h1-23,38-40H,24H2. The van der Waals surface area contributed by atoms with Crippen molar-refractivity contribution < 1.29 is 4.42 Å².